The number of rotatable bonds is 6. The molecular formula is C21H22N4O2S. The summed E-state index contributed by atoms with van der Waals surface area (Å²) in [6.07, 6.45) is 3.12. The number of amides is 1. The maximum absolute atomic E-state index is 12.9. The van der Waals surface area contributed by atoms with Gasteiger partial charge in [-0.2, -0.15) is 0 Å². The molecule has 3 heterocycles. The van der Waals surface area contributed by atoms with Crippen LogP contribution in [-0.4, -0.2) is 25.8 Å². The predicted molar refractivity (Wildman–Crippen MR) is 112 cm³/mol. The molecule has 144 valence electrons. The summed E-state index contributed by atoms with van der Waals surface area (Å²) in [4.78, 5) is 12.9. The van der Waals surface area contributed by atoms with Crippen LogP contribution in [0.25, 0.3) is 16.6 Å². The molecule has 0 aliphatic heterocycles. The maximum Gasteiger partial charge on any atom is 0.237 e. The third-order valence-electron chi connectivity index (χ3n) is 4.79. The van der Waals surface area contributed by atoms with Gasteiger partial charge in [0.1, 0.15) is 10.9 Å². The van der Waals surface area contributed by atoms with E-state index in [2.05, 4.69) is 19.9 Å². The van der Waals surface area contributed by atoms with E-state index >= 15 is 0 Å². The van der Waals surface area contributed by atoms with E-state index in [0.29, 0.717) is 6.42 Å². The van der Waals surface area contributed by atoms with Crippen molar-refractivity contribution in [3.05, 3.63) is 54.0 Å². The molecule has 3 aromatic heterocycles. The lowest BCUT2D eigenvalue weighted by Crippen LogP contribution is -2.25. The number of nitrogens with one attached hydrogen (secondary N) is 1. The first-order valence-electron chi connectivity index (χ1n) is 9.39. The number of aromatic nitrogens is 3. The van der Waals surface area contributed by atoms with E-state index in [1.165, 1.54) is 11.8 Å². The van der Waals surface area contributed by atoms with Gasteiger partial charge in [0.2, 0.25) is 5.91 Å². The molecule has 1 aromatic carbocycles. The van der Waals surface area contributed by atoms with Crippen molar-refractivity contribution in [2.45, 2.75) is 43.9 Å². The molecule has 0 unspecified atom stereocenters. The number of nitrogens with zero attached hydrogens (tertiary/aromatic N) is 3. The first-order valence-corrected chi connectivity index (χ1v) is 10.3. The Morgan fingerprint density at radius 2 is 2.04 bits per heavy atom. The molecule has 0 aliphatic carbocycles. The van der Waals surface area contributed by atoms with Gasteiger partial charge in [-0.1, -0.05) is 43.8 Å². The maximum atomic E-state index is 12.9. The largest absolute Gasteiger partial charge is 0.463 e. The lowest BCUT2D eigenvalue weighted by Gasteiger charge is -2.16. The molecule has 0 saturated heterocycles. The van der Waals surface area contributed by atoms with Crippen LogP contribution in [0, 0.1) is 6.92 Å². The number of para-hydroxylation sites is 1. The summed E-state index contributed by atoms with van der Waals surface area (Å²) in [6, 6.07) is 11.7. The van der Waals surface area contributed by atoms with Crippen molar-refractivity contribution in [3.63, 3.8) is 0 Å². The molecule has 0 aliphatic rings. The van der Waals surface area contributed by atoms with Crippen LogP contribution in [0.15, 0.2) is 52.1 Å². The van der Waals surface area contributed by atoms with E-state index < -0.39 is 0 Å². The SMILES string of the molecule is CCc1nnc(S[C@H](CC)C(=O)Nc2ccccc2C)c2cc3occc3n12. The Labute approximate surface area is 167 Å². The smallest absolute Gasteiger partial charge is 0.237 e. The van der Waals surface area contributed by atoms with Crippen molar-refractivity contribution >= 4 is 40.0 Å². The van der Waals surface area contributed by atoms with Gasteiger partial charge in [0, 0.05) is 24.2 Å². The summed E-state index contributed by atoms with van der Waals surface area (Å²) in [5, 5.41) is 12.3. The second kappa shape index (κ2) is 7.67. The summed E-state index contributed by atoms with van der Waals surface area (Å²) in [6.45, 7) is 6.04. The van der Waals surface area contributed by atoms with Crippen LogP contribution in [0.4, 0.5) is 5.69 Å². The number of furan rings is 1. The molecular weight excluding hydrogens is 372 g/mol. The number of anilines is 1. The molecule has 4 rings (SSSR count). The quantitative estimate of drug-likeness (QED) is 0.473. The van der Waals surface area contributed by atoms with Crippen LogP contribution in [0.2, 0.25) is 0 Å². The average Bonchev–Trinajstić information content (AvgIpc) is 3.29. The van der Waals surface area contributed by atoms with Crippen LogP contribution >= 0.6 is 11.8 Å². The summed E-state index contributed by atoms with van der Waals surface area (Å²) in [5.41, 5.74) is 4.57. The Bertz CT molecular complexity index is 1150. The van der Waals surface area contributed by atoms with Crippen molar-refractivity contribution in [3.8, 4) is 0 Å². The van der Waals surface area contributed by atoms with Crippen molar-refractivity contribution in [2.75, 3.05) is 5.32 Å². The fraction of sp³-hybridized carbons (Fsp3) is 0.286. The van der Waals surface area contributed by atoms with Crippen LogP contribution < -0.4 is 5.32 Å². The number of hydrogen-bond donors (Lipinski definition) is 1. The van der Waals surface area contributed by atoms with Gasteiger partial charge in [0.05, 0.1) is 22.5 Å². The van der Waals surface area contributed by atoms with Crippen molar-refractivity contribution in [1.29, 1.82) is 0 Å². The zero-order valence-electron chi connectivity index (χ0n) is 16.1. The van der Waals surface area contributed by atoms with Crippen LogP contribution in [0.1, 0.15) is 31.7 Å². The molecule has 0 saturated carbocycles. The summed E-state index contributed by atoms with van der Waals surface area (Å²) in [5.74, 6) is 0.838. The number of fused-ring (bicyclic) bond motifs is 3. The minimum absolute atomic E-state index is 0.0310. The zero-order valence-corrected chi connectivity index (χ0v) is 16.9. The standard InChI is InChI=1S/C21H22N4O2S/c1-4-18(20(26)22-14-9-7-6-8-13(14)3)28-21-16-12-17-15(10-11-27-17)25(16)19(5-2)23-24-21/h6-12,18H,4-5H2,1-3H3,(H,22,26)/t18-/m1/s1. The Morgan fingerprint density at radius 3 is 2.79 bits per heavy atom. The van der Waals surface area contributed by atoms with Gasteiger partial charge in [-0.15, -0.1) is 10.2 Å². The minimum Gasteiger partial charge on any atom is -0.463 e. The van der Waals surface area contributed by atoms with Crippen molar-refractivity contribution < 1.29 is 9.21 Å². The molecule has 1 amide bonds. The number of thioether (sulfide) groups is 1. The Morgan fingerprint density at radius 1 is 1.21 bits per heavy atom. The average molecular weight is 395 g/mol. The Balaban J connectivity index is 1.66. The van der Waals surface area contributed by atoms with Gasteiger partial charge in [-0.25, -0.2) is 0 Å². The highest BCUT2D eigenvalue weighted by Gasteiger charge is 2.23. The van der Waals surface area contributed by atoms with E-state index in [4.69, 9.17) is 4.42 Å². The lowest BCUT2D eigenvalue weighted by atomic mass is 10.2. The van der Waals surface area contributed by atoms with Gasteiger partial charge in [-0.05, 0) is 25.0 Å². The number of aryl methyl sites for hydroxylation is 2. The molecule has 1 atom stereocenters. The molecule has 28 heavy (non-hydrogen) atoms. The fourth-order valence-corrected chi connectivity index (χ4v) is 4.22. The van der Waals surface area contributed by atoms with Crippen LogP contribution in [0.3, 0.4) is 0 Å². The van der Waals surface area contributed by atoms with Gasteiger partial charge in [0.15, 0.2) is 5.58 Å². The molecule has 1 N–H and O–H groups in total. The third kappa shape index (κ3) is 3.26. The Hall–Kier alpha value is -2.80. The highest BCUT2D eigenvalue weighted by atomic mass is 32.2. The molecule has 0 bridgehead atoms. The van der Waals surface area contributed by atoms with Crippen molar-refractivity contribution in [2.24, 2.45) is 0 Å². The number of benzene rings is 1. The monoisotopic (exact) mass is 394 g/mol. The van der Waals surface area contributed by atoms with Crippen LogP contribution in [0.5, 0.6) is 0 Å². The van der Waals surface area contributed by atoms with Gasteiger partial charge in [-0.3, -0.25) is 9.20 Å². The topological polar surface area (TPSA) is 72.4 Å². The second-order valence-electron chi connectivity index (χ2n) is 6.63. The molecule has 0 fully saturated rings. The third-order valence-corrected chi connectivity index (χ3v) is 6.14. The highest BCUT2D eigenvalue weighted by molar-refractivity contribution is 8.00. The summed E-state index contributed by atoms with van der Waals surface area (Å²) >= 11 is 1.44. The number of carbonyl (C=O) groups is 1. The first kappa shape index (κ1) is 18.6. The van der Waals surface area contributed by atoms with Crippen molar-refractivity contribution in [1.82, 2.24) is 14.6 Å². The summed E-state index contributed by atoms with van der Waals surface area (Å²) < 4.78 is 7.63. The van der Waals surface area contributed by atoms with E-state index in [1.807, 2.05) is 57.2 Å². The molecule has 7 heteroatoms. The second-order valence-corrected chi connectivity index (χ2v) is 7.82. The first-order chi connectivity index (χ1) is 13.6. The number of hydrogen-bond acceptors (Lipinski definition) is 5. The molecule has 4 aromatic rings. The van der Waals surface area contributed by atoms with E-state index in [9.17, 15) is 4.79 Å². The predicted octanol–water partition coefficient (Wildman–Crippen LogP) is 4.86. The zero-order chi connectivity index (χ0) is 19.7. The minimum atomic E-state index is -0.272. The van der Waals surface area contributed by atoms with E-state index in [-0.39, 0.29) is 11.2 Å². The Kier molecular flexibility index (Phi) is 5.09. The van der Waals surface area contributed by atoms with Gasteiger partial charge >= 0.3 is 0 Å². The summed E-state index contributed by atoms with van der Waals surface area (Å²) in [7, 11) is 0. The lowest BCUT2D eigenvalue weighted by molar-refractivity contribution is -0.115. The van der Waals surface area contributed by atoms with Crippen LogP contribution in [-0.2, 0) is 11.2 Å². The fourth-order valence-electron chi connectivity index (χ4n) is 3.26. The molecule has 0 radical (unpaired) electrons. The van der Waals surface area contributed by atoms with E-state index in [0.717, 1.165) is 45.1 Å². The van der Waals surface area contributed by atoms with Gasteiger partial charge in [0.25, 0.3) is 0 Å². The molecule has 6 nitrogen and oxygen atoms in total. The molecule has 0 spiro atoms. The van der Waals surface area contributed by atoms with Gasteiger partial charge < -0.3 is 9.73 Å². The number of carbonyl (C=O) groups excluding carboxylic acids is 1. The normalized spacial score (nSPS) is 12.5. The van der Waals surface area contributed by atoms with E-state index in [1.54, 1.807) is 6.26 Å². The highest BCUT2D eigenvalue weighted by Crippen LogP contribution is 2.32.